The first kappa shape index (κ1) is 20.0. The Hall–Kier alpha value is -3.35. The standard InChI is InChI=1S/C20H22N2O5/c1-2-27-16-10-8-15(9-11-16)22-19(24)13-21-18(23)12-7-14-5-3-4-6-17(14)20(25)26/h3-6,8-11H,2,7,12-13H2,1H3,(H,21,23)(H,22,24)(H,25,26). The number of aromatic carboxylic acids is 1. The van der Waals surface area contributed by atoms with Crippen molar-refractivity contribution in [1.82, 2.24) is 5.32 Å². The highest BCUT2D eigenvalue weighted by Crippen LogP contribution is 2.15. The molecule has 0 unspecified atom stereocenters. The van der Waals surface area contributed by atoms with Gasteiger partial charge in [0.1, 0.15) is 5.75 Å². The Bertz CT molecular complexity index is 802. The van der Waals surface area contributed by atoms with Crippen LogP contribution < -0.4 is 15.4 Å². The molecule has 2 aromatic rings. The number of anilines is 1. The zero-order chi connectivity index (χ0) is 19.6. The summed E-state index contributed by atoms with van der Waals surface area (Å²) in [4.78, 5) is 35.0. The molecule has 0 heterocycles. The molecule has 3 N–H and O–H groups in total. The molecule has 7 heteroatoms. The Labute approximate surface area is 157 Å². The average Bonchev–Trinajstić information content (AvgIpc) is 2.66. The van der Waals surface area contributed by atoms with E-state index in [4.69, 9.17) is 9.84 Å². The van der Waals surface area contributed by atoms with Gasteiger partial charge in [0.05, 0.1) is 18.7 Å². The first-order valence-electron chi connectivity index (χ1n) is 8.60. The van der Waals surface area contributed by atoms with Gasteiger partial charge in [-0.15, -0.1) is 0 Å². The fourth-order valence-corrected chi connectivity index (χ4v) is 2.47. The number of carbonyl (C=O) groups excluding carboxylic acids is 2. The van der Waals surface area contributed by atoms with Crippen LogP contribution in [0.15, 0.2) is 48.5 Å². The van der Waals surface area contributed by atoms with Gasteiger partial charge in [0.15, 0.2) is 0 Å². The van der Waals surface area contributed by atoms with Gasteiger partial charge in [-0.05, 0) is 49.2 Å². The second-order valence-electron chi connectivity index (χ2n) is 5.74. The second kappa shape index (κ2) is 9.96. The summed E-state index contributed by atoms with van der Waals surface area (Å²) in [6.45, 7) is 2.29. The van der Waals surface area contributed by atoms with Gasteiger partial charge in [-0.1, -0.05) is 18.2 Å². The Morgan fingerprint density at radius 2 is 1.70 bits per heavy atom. The number of carbonyl (C=O) groups is 3. The Balaban J connectivity index is 1.76. The summed E-state index contributed by atoms with van der Waals surface area (Å²) in [6, 6.07) is 13.5. The summed E-state index contributed by atoms with van der Waals surface area (Å²) in [5, 5.41) is 14.3. The van der Waals surface area contributed by atoms with E-state index in [1.54, 1.807) is 42.5 Å². The van der Waals surface area contributed by atoms with E-state index in [1.165, 1.54) is 6.07 Å². The Morgan fingerprint density at radius 3 is 2.37 bits per heavy atom. The van der Waals surface area contributed by atoms with Crippen LogP contribution in [0.5, 0.6) is 5.75 Å². The maximum atomic E-state index is 11.9. The molecule has 27 heavy (non-hydrogen) atoms. The van der Waals surface area contributed by atoms with Crippen molar-refractivity contribution in [3.05, 3.63) is 59.7 Å². The van der Waals surface area contributed by atoms with Crippen molar-refractivity contribution in [2.75, 3.05) is 18.5 Å². The Kier molecular flexibility index (Phi) is 7.37. The van der Waals surface area contributed by atoms with Crippen LogP contribution in [0.1, 0.15) is 29.3 Å². The van der Waals surface area contributed by atoms with Crippen LogP contribution >= 0.6 is 0 Å². The monoisotopic (exact) mass is 370 g/mol. The van der Waals surface area contributed by atoms with Crippen molar-refractivity contribution in [3.63, 3.8) is 0 Å². The molecule has 0 atom stereocenters. The van der Waals surface area contributed by atoms with E-state index in [9.17, 15) is 14.4 Å². The molecule has 0 aromatic heterocycles. The normalized spacial score (nSPS) is 10.1. The molecule has 0 fully saturated rings. The molecule has 142 valence electrons. The second-order valence-corrected chi connectivity index (χ2v) is 5.74. The molecule has 2 rings (SSSR count). The fourth-order valence-electron chi connectivity index (χ4n) is 2.47. The van der Waals surface area contributed by atoms with Gasteiger partial charge in [-0.25, -0.2) is 4.79 Å². The summed E-state index contributed by atoms with van der Waals surface area (Å²) in [5.41, 5.74) is 1.37. The van der Waals surface area contributed by atoms with Crippen LogP contribution in [-0.2, 0) is 16.0 Å². The van der Waals surface area contributed by atoms with Gasteiger partial charge < -0.3 is 20.5 Å². The first-order valence-corrected chi connectivity index (χ1v) is 8.60. The molecule has 0 aliphatic carbocycles. The molecule has 0 saturated heterocycles. The highest BCUT2D eigenvalue weighted by molar-refractivity contribution is 5.94. The number of benzene rings is 2. The fraction of sp³-hybridized carbons (Fsp3) is 0.250. The predicted molar refractivity (Wildman–Crippen MR) is 101 cm³/mol. The molecule has 0 radical (unpaired) electrons. The largest absolute Gasteiger partial charge is 0.494 e. The summed E-state index contributed by atoms with van der Waals surface area (Å²) in [5.74, 6) is -0.985. The van der Waals surface area contributed by atoms with Gasteiger partial charge in [-0.3, -0.25) is 9.59 Å². The van der Waals surface area contributed by atoms with E-state index in [-0.39, 0.29) is 36.8 Å². The van der Waals surface area contributed by atoms with E-state index >= 15 is 0 Å². The predicted octanol–water partition coefficient (Wildman–Crippen LogP) is 2.47. The number of carboxylic acid groups (broad SMARTS) is 1. The summed E-state index contributed by atoms with van der Waals surface area (Å²) in [7, 11) is 0. The van der Waals surface area contributed by atoms with Crippen molar-refractivity contribution < 1.29 is 24.2 Å². The maximum absolute atomic E-state index is 11.9. The van der Waals surface area contributed by atoms with Crippen LogP contribution in [0.25, 0.3) is 0 Å². The number of amides is 2. The lowest BCUT2D eigenvalue weighted by Gasteiger charge is -2.09. The average molecular weight is 370 g/mol. The third-order valence-electron chi connectivity index (χ3n) is 3.76. The van der Waals surface area contributed by atoms with Crippen LogP contribution in [0.3, 0.4) is 0 Å². The van der Waals surface area contributed by atoms with Crippen LogP contribution in [-0.4, -0.2) is 36.0 Å². The molecule has 7 nitrogen and oxygen atoms in total. The summed E-state index contributed by atoms with van der Waals surface area (Å²) < 4.78 is 5.32. The van der Waals surface area contributed by atoms with E-state index < -0.39 is 5.97 Å². The van der Waals surface area contributed by atoms with Gasteiger partial charge in [0, 0.05) is 12.1 Å². The lowest BCUT2D eigenvalue weighted by atomic mass is 10.0. The lowest BCUT2D eigenvalue weighted by Crippen LogP contribution is -2.33. The number of hydrogen-bond donors (Lipinski definition) is 3. The van der Waals surface area contributed by atoms with Crippen LogP contribution in [0.4, 0.5) is 5.69 Å². The number of hydrogen-bond acceptors (Lipinski definition) is 4. The van der Waals surface area contributed by atoms with Gasteiger partial charge in [0.2, 0.25) is 11.8 Å². The minimum Gasteiger partial charge on any atom is -0.494 e. The number of ether oxygens (including phenoxy) is 1. The van der Waals surface area contributed by atoms with Crippen molar-refractivity contribution >= 4 is 23.5 Å². The van der Waals surface area contributed by atoms with Crippen LogP contribution in [0, 0.1) is 0 Å². The Morgan fingerprint density at radius 1 is 1.00 bits per heavy atom. The smallest absolute Gasteiger partial charge is 0.335 e. The third-order valence-corrected chi connectivity index (χ3v) is 3.76. The van der Waals surface area contributed by atoms with Gasteiger partial charge in [0.25, 0.3) is 0 Å². The van der Waals surface area contributed by atoms with Crippen molar-refractivity contribution in [2.45, 2.75) is 19.8 Å². The summed E-state index contributed by atoms with van der Waals surface area (Å²) in [6.07, 6.45) is 0.384. The van der Waals surface area contributed by atoms with Gasteiger partial charge >= 0.3 is 5.97 Å². The lowest BCUT2D eigenvalue weighted by molar-refractivity contribution is -0.124. The molecule has 0 aliphatic heterocycles. The molecule has 0 aliphatic rings. The number of rotatable bonds is 9. The molecule has 2 aromatic carbocycles. The zero-order valence-electron chi connectivity index (χ0n) is 15.0. The summed E-state index contributed by atoms with van der Waals surface area (Å²) >= 11 is 0. The molecule has 0 spiro atoms. The highest BCUT2D eigenvalue weighted by Gasteiger charge is 2.11. The molecule has 2 amide bonds. The topological polar surface area (TPSA) is 105 Å². The van der Waals surface area contributed by atoms with E-state index in [0.29, 0.717) is 23.6 Å². The molecular formula is C20H22N2O5. The van der Waals surface area contributed by atoms with Crippen LogP contribution in [0.2, 0.25) is 0 Å². The number of aryl methyl sites for hydroxylation is 1. The van der Waals surface area contributed by atoms with Crippen molar-refractivity contribution in [3.8, 4) is 5.75 Å². The van der Waals surface area contributed by atoms with Gasteiger partial charge in [-0.2, -0.15) is 0 Å². The maximum Gasteiger partial charge on any atom is 0.335 e. The number of nitrogens with one attached hydrogen (secondary N) is 2. The minimum atomic E-state index is -1.03. The van der Waals surface area contributed by atoms with E-state index in [2.05, 4.69) is 10.6 Å². The third kappa shape index (κ3) is 6.47. The highest BCUT2D eigenvalue weighted by atomic mass is 16.5. The molecule has 0 saturated carbocycles. The zero-order valence-corrected chi connectivity index (χ0v) is 15.0. The molecule has 0 bridgehead atoms. The number of carboxylic acids is 1. The molecular weight excluding hydrogens is 348 g/mol. The van der Waals surface area contributed by atoms with E-state index in [0.717, 1.165) is 0 Å². The van der Waals surface area contributed by atoms with Crippen molar-refractivity contribution in [1.29, 1.82) is 0 Å². The first-order chi connectivity index (χ1) is 13.0. The minimum absolute atomic E-state index is 0.0978. The SMILES string of the molecule is CCOc1ccc(NC(=O)CNC(=O)CCc2ccccc2C(=O)O)cc1. The van der Waals surface area contributed by atoms with E-state index in [1.807, 2.05) is 6.92 Å². The van der Waals surface area contributed by atoms with Crippen molar-refractivity contribution in [2.24, 2.45) is 0 Å². The quantitative estimate of drug-likeness (QED) is 0.629.